The van der Waals surface area contributed by atoms with Crippen molar-refractivity contribution >= 4 is 21.8 Å². The number of carbonyl (C=O) groups excluding carboxylic acids is 1. The molecule has 0 aromatic carbocycles. The quantitative estimate of drug-likeness (QED) is 0.801. The molecule has 112 valence electrons. The Labute approximate surface area is 126 Å². The number of carbonyl (C=O) groups is 1. The summed E-state index contributed by atoms with van der Waals surface area (Å²) >= 11 is 3.47. The van der Waals surface area contributed by atoms with Crippen LogP contribution in [0.2, 0.25) is 0 Å². The van der Waals surface area contributed by atoms with Gasteiger partial charge in [0.1, 0.15) is 0 Å². The normalized spacial score (nSPS) is 33.2. The maximum atomic E-state index is 12.5. The first-order valence-corrected chi connectivity index (χ1v) is 8.32. The number of rotatable bonds is 4. The van der Waals surface area contributed by atoms with Gasteiger partial charge in [0.05, 0.1) is 18.1 Å². The van der Waals surface area contributed by atoms with Crippen LogP contribution < -0.4 is 5.32 Å². The Morgan fingerprint density at radius 1 is 1.26 bits per heavy atom. The topological polar surface area (TPSA) is 38.3 Å². The van der Waals surface area contributed by atoms with E-state index >= 15 is 0 Å². The molecule has 1 aliphatic rings. The molecule has 1 rings (SSSR count). The fourth-order valence-corrected chi connectivity index (χ4v) is 3.28. The highest BCUT2D eigenvalue weighted by atomic mass is 79.9. The molecule has 1 fully saturated rings. The first kappa shape index (κ1) is 17.0. The van der Waals surface area contributed by atoms with Crippen molar-refractivity contribution in [3.8, 4) is 0 Å². The summed E-state index contributed by atoms with van der Waals surface area (Å²) in [4.78, 5) is 12.5. The second-order valence-corrected chi connectivity index (χ2v) is 7.63. The number of hydrogen-bond acceptors (Lipinski definition) is 2. The van der Waals surface area contributed by atoms with E-state index in [4.69, 9.17) is 4.74 Å². The van der Waals surface area contributed by atoms with Crippen molar-refractivity contribution in [1.82, 2.24) is 5.32 Å². The van der Waals surface area contributed by atoms with Crippen LogP contribution in [0.3, 0.4) is 0 Å². The van der Waals surface area contributed by atoms with Gasteiger partial charge in [-0.3, -0.25) is 4.79 Å². The third-order valence-electron chi connectivity index (χ3n) is 4.30. The van der Waals surface area contributed by atoms with E-state index in [0.717, 1.165) is 11.8 Å². The fourth-order valence-electron chi connectivity index (χ4n) is 2.82. The van der Waals surface area contributed by atoms with Gasteiger partial charge in [-0.05, 0) is 31.6 Å². The van der Waals surface area contributed by atoms with Crippen LogP contribution in [0, 0.1) is 17.3 Å². The molecule has 5 unspecified atom stereocenters. The van der Waals surface area contributed by atoms with Gasteiger partial charge in [-0.2, -0.15) is 0 Å². The lowest BCUT2D eigenvalue weighted by atomic mass is 9.83. The van der Waals surface area contributed by atoms with Gasteiger partial charge < -0.3 is 10.1 Å². The predicted octanol–water partition coefficient (Wildman–Crippen LogP) is 3.36. The lowest BCUT2D eigenvalue weighted by Crippen LogP contribution is -2.48. The van der Waals surface area contributed by atoms with E-state index in [-0.39, 0.29) is 41.4 Å². The number of nitrogens with one attached hydrogen (secondary N) is 1. The molecule has 0 radical (unpaired) electrons. The summed E-state index contributed by atoms with van der Waals surface area (Å²) in [6.45, 7) is 12.7. The molecule has 1 N–H and O–H groups in total. The molecule has 1 amide bonds. The summed E-state index contributed by atoms with van der Waals surface area (Å²) in [5.74, 6) is 0.389. The van der Waals surface area contributed by atoms with Gasteiger partial charge in [0, 0.05) is 11.4 Å². The van der Waals surface area contributed by atoms with Gasteiger partial charge in [-0.25, -0.2) is 0 Å². The number of alkyl halides is 1. The number of halogens is 1. The van der Waals surface area contributed by atoms with Crippen LogP contribution >= 0.6 is 15.9 Å². The van der Waals surface area contributed by atoms with Crippen molar-refractivity contribution in [1.29, 1.82) is 0 Å². The highest BCUT2D eigenvalue weighted by Crippen LogP contribution is 2.33. The summed E-state index contributed by atoms with van der Waals surface area (Å²) in [6, 6.07) is 0.190. The maximum Gasteiger partial charge on any atom is 0.226 e. The Hall–Kier alpha value is -0.0900. The van der Waals surface area contributed by atoms with E-state index in [1.165, 1.54) is 0 Å². The Morgan fingerprint density at radius 2 is 1.84 bits per heavy atom. The predicted molar refractivity (Wildman–Crippen MR) is 82.5 cm³/mol. The first-order valence-electron chi connectivity index (χ1n) is 7.20. The molecule has 1 heterocycles. The van der Waals surface area contributed by atoms with Crippen LogP contribution in [0.15, 0.2) is 0 Å². The van der Waals surface area contributed by atoms with E-state index in [0.29, 0.717) is 0 Å². The lowest BCUT2D eigenvalue weighted by molar-refractivity contribution is -0.128. The van der Waals surface area contributed by atoms with Crippen LogP contribution in [-0.4, -0.2) is 29.5 Å². The van der Waals surface area contributed by atoms with E-state index in [9.17, 15) is 4.79 Å². The summed E-state index contributed by atoms with van der Waals surface area (Å²) in [5.41, 5.74) is 0.0704. The first-order chi connectivity index (χ1) is 8.68. The van der Waals surface area contributed by atoms with E-state index < -0.39 is 0 Å². The molecule has 0 bridgehead atoms. The third kappa shape index (κ3) is 4.19. The molecule has 4 heteroatoms. The standard InChI is InChI=1S/C15H28BrNO2/c1-9-10(2)19-11(3)13(9)14(18)17-12(7-8-16)15(4,5)6/h9-13H,7-8H2,1-6H3,(H,17,18). The molecular formula is C15H28BrNO2. The van der Waals surface area contributed by atoms with E-state index in [2.05, 4.69) is 48.9 Å². The Bertz CT molecular complexity index is 314. The molecule has 5 atom stereocenters. The van der Waals surface area contributed by atoms with Gasteiger partial charge in [-0.15, -0.1) is 0 Å². The van der Waals surface area contributed by atoms with Crippen LogP contribution in [0.5, 0.6) is 0 Å². The summed E-state index contributed by atoms with van der Waals surface area (Å²) in [6.07, 6.45) is 1.12. The van der Waals surface area contributed by atoms with Crippen LogP contribution in [0.25, 0.3) is 0 Å². The van der Waals surface area contributed by atoms with E-state index in [1.807, 2.05) is 13.8 Å². The minimum Gasteiger partial charge on any atom is -0.374 e. The molecule has 0 aromatic heterocycles. The van der Waals surface area contributed by atoms with Gasteiger partial charge in [0.25, 0.3) is 0 Å². The summed E-state index contributed by atoms with van der Waals surface area (Å²) < 4.78 is 5.76. The minimum atomic E-state index is -0.0322. The maximum absolute atomic E-state index is 12.5. The van der Waals surface area contributed by atoms with Crippen molar-refractivity contribution in [2.24, 2.45) is 17.3 Å². The Kier molecular flexibility index (Phi) is 5.87. The lowest BCUT2D eigenvalue weighted by Gasteiger charge is -2.33. The van der Waals surface area contributed by atoms with Gasteiger partial charge >= 0.3 is 0 Å². The van der Waals surface area contributed by atoms with Crippen molar-refractivity contribution < 1.29 is 9.53 Å². The van der Waals surface area contributed by atoms with E-state index in [1.54, 1.807) is 0 Å². The van der Waals surface area contributed by atoms with Crippen molar-refractivity contribution in [3.63, 3.8) is 0 Å². The molecule has 0 aliphatic carbocycles. The zero-order chi connectivity index (χ0) is 14.8. The average molecular weight is 334 g/mol. The zero-order valence-electron chi connectivity index (χ0n) is 13.0. The van der Waals surface area contributed by atoms with Crippen molar-refractivity contribution in [2.45, 2.75) is 66.2 Å². The van der Waals surface area contributed by atoms with Crippen LogP contribution in [-0.2, 0) is 9.53 Å². The number of ether oxygens (including phenoxy) is 1. The Balaban J connectivity index is 2.72. The monoisotopic (exact) mass is 333 g/mol. The van der Waals surface area contributed by atoms with Crippen LogP contribution in [0.1, 0.15) is 48.0 Å². The molecule has 0 saturated carbocycles. The highest BCUT2D eigenvalue weighted by Gasteiger charge is 2.42. The minimum absolute atomic E-state index is 0.00888. The second-order valence-electron chi connectivity index (χ2n) is 6.84. The fraction of sp³-hybridized carbons (Fsp3) is 0.933. The molecule has 1 aliphatic heterocycles. The number of hydrogen-bond donors (Lipinski definition) is 1. The number of amides is 1. The molecule has 0 spiro atoms. The average Bonchev–Trinajstić information content (AvgIpc) is 2.51. The SMILES string of the molecule is CC1OC(C)C(C(=O)NC(CCBr)C(C)(C)C)C1C. The molecule has 0 aromatic rings. The Morgan fingerprint density at radius 3 is 2.21 bits per heavy atom. The van der Waals surface area contributed by atoms with Gasteiger partial charge in [0.15, 0.2) is 0 Å². The zero-order valence-corrected chi connectivity index (χ0v) is 14.6. The van der Waals surface area contributed by atoms with Gasteiger partial charge in [0.2, 0.25) is 5.91 Å². The van der Waals surface area contributed by atoms with Crippen molar-refractivity contribution in [3.05, 3.63) is 0 Å². The summed E-state index contributed by atoms with van der Waals surface area (Å²) in [7, 11) is 0. The third-order valence-corrected chi connectivity index (χ3v) is 4.76. The van der Waals surface area contributed by atoms with Crippen LogP contribution in [0.4, 0.5) is 0 Å². The summed E-state index contributed by atoms with van der Waals surface area (Å²) in [5, 5.41) is 4.13. The smallest absolute Gasteiger partial charge is 0.226 e. The second kappa shape index (κ2) is 6.57. The molecule has 1 saturated heterocycles. The molecule has 19 heavy (non-hydrogen) atoms. The molecular weight excluding hydrogens is 306 g/mol. The molecule has 3 nitrogen and oxygen atoms in total. The highest BCUT2D eigenvalue weighted by molar-refractivity contribution is 9.09. The van der Waals surface area contributed by atoms with Gasteiger partial charge in [-0.1, -0.05) is 43.6 Å². The van der Waals surface area contributed by atoms with Crippen molar-refractivity contribution in [2.75, 3.05) is 5.33 Å². The largest absolute Gasteiger partial charge is 0.374 e.